The molecule has 2 N–H and O–H groups in total. The van der Waals surface area contributed by atoms with E-state index < -0.39 is 0 Å². The molecular formula is C20H27IN4O2S. The summed E-state index contributed by atoms with van der Waals surface area (Å²) < 4.78 is 5.37. The number of thiophene rings is 1. The number of fused-ring (bicyclic) bond motifs is 1. The number of carbonyl (C=O) groups is 1. The minimum atomic E-state index is 0. The van der Waals surface area contributed by atoms with Crippen LogP contribution in [0.4, 0.5) is 0 Å². The Bertz CT molecular complexity index is 809. The zero-order valence-electron chi connectivity index (χ0n) is 16.2. The van der Waals surface area contributed by atoms with Crippen LogP contribution in [0.15, 0.2) is 40.7 Å². The Morgan fingerprint density at radius 1 is 1.29 bits per heavy atom. The summed E-state index contributed by atoms with van der Waals surface area (Å²) in [5, 5.41) is 8.47. The number of guanidine groups is 1. The van der Waals surface area contributed by atoms with Gasteiger partial charge in [0.25, 0.3) is 0 Å². The van der Waals surface area contributed by atoms with Crippen LogP contribution in [0.25, 0.3) is 0 Å². The molecule has 2 aromatic rings. The van der Waals surface area contributed by atoms with Crippen molar-refractivity contribution in [2.75, 3.05) is 33.8 Å². The standard InChI is InChI=1S/C20H26N4O2S.HI/c1-21-20(22-10-7-15-5-3-4-6-17(15)26-2)23-13-19(25)24-11-8-18-16(14-24)9-12-27-18;/h3-6,9,12H,7-8,10-11,13-14H2,1-2H3,(H2,21,22,23);1H. The van der Waals surface area contributed by atoms with E-state index in [4.69, 9.17) is 4.74 Å². The monoisotopic (exact) mass is 514 g/mol. The van der Waals surface area contributed by atoms with Crippen LogP contribution in [-0.2, 0) is 24.2 Å². The normalized spacial score (nSPS) is 13.4. The Labute approximate surface area is 187 Å². The lowest BCUT2D eigenvalue weighted by molar-refractivity contribution is -0.130. The van der Waals surface area contributed by atoms with Crippen molar-refractivity contribution in [3.8, 4) is 5.75 Å². The number of amides is 1. The summed E-state index contributed by atoms with van der Waals surface area (Å²) in [4.78, 5) is 20.0. The van der Waals surface area contributed by atoms with Crippen molar-refractivity contribution in [3.05, 3.63) is 51.7 Å². The van der Waals surface area contributed by atoms with Gasteiger partial charge in [-0.25, -0.2) is 0 Å². The van der Waals surface area contributed by atoms with Crippen molar-refractivity contribution in [3.63, 3.8) is 0 Å². The molecule has 0 aliphatic carbocycles. The summed E-state index contributed by atoms with van der Waals surface area (Å²) in [6, 6.07) is 10.1. The van der Waals surface area contributed by atoms with Crippen molar-refractivity contribution >= 4 is 47.2 Å². The third-order valence-electron chi connectivity index (χ3n) is 4.67. The molecule has 0 atom stereocenters. The van der Waals surface area contributed by atoms with Crippen molar-refractivity contribution in [2.45, 2.75) is 19.4 Å². The van der Waals surface area contributed by atoms with Crippen LogP contribution in [0.3, 0.4) is 0 Å². The Kier molecular flexibility index (Phi) is 9.04. The quantitative estimate of drug-likeness (QED) is 0.354. The number of hydrogen-bond donors (Lipinski definition) is 2. The summed E-state index contributed by atoms with van der Waals surface area (Å²) in [6.07, 6.45) is 1.76. The van der Waals surface area contributed by atoms with Gasteiger partial charge in [-0.2, -0.15) is 0 Å². The fourth-order valence-corrected chi connectivity index (χ4v) is 4.07. The number of halogens is 1. The van der Waals surface area contributed by atoms with Gasteiger partial charge in [-0.05, 0) is 41.5 Å². The predicted octanol–water partition coefficient (Wildman–Crippen LogP) is 2.67. The zero-order chi connectivity index (χ0) is 19.1. The zero-order valence-corrected chi connectivity index (χ0v) is 19.4. The molecule has 0 saturated carbocycles. The second-order valence-electron chi connectivity index (χ2n) is 6.35. The second-order valence-corrected chi connectivity index (χ2v) is 7.35. The van der Waals surface area contributed by atoms with E-state index in [-0.39, 0.29) is 36.4 Å². The first-order valence-electron chi connectivity index (χ1n) is 9.10. The van der Waals surface area contributed by atoms with E-state index in [0.717, 1.165) is 30.7 Å². The molecule has 3 rings (SSSR count). The Morgan fingerprint density at radius 3 is 2.89 bits per heavy atom. The van der Waals surface area contributed by atoms with Crippen LogP contribution in [0.1, 0.15) is 16.0 Å². The summed E-state index contributed by atoms with van der Waals surface area (Å²) in [7, 11) is 3.39. The maximum Gasteiger partial charge on any atom is 0.242 e. The molecule has 28 heavy (non-hydrogen) atoms. The smallest absolute Gasteiger partial charge is 0.242 e. The number of para-hydroxylation sites is 1. The topological polar surface area (TPSA) is 66.0 Å². The summed E-state index contributed by atoms with van der Waals surface area (Å²) >= 11 is 1.78. The van der Waals surface area contributed by atoms with Gasteiger partial charge in [0.05, 0.1) is 13.7 Å². The van der Waals surface area contributed by atoms with Crippen LogP contribution in [0.5, 0.6) is 5.75 Å². The SMILES string of the molecule is CN=C(NCCc1ccccc1OC)NCC(=O)N1CCc2sccc2C1.I. The molecule has 152 valence electrons. The Morgan fingerprint density at radius 2 is 2.11 bits per heavy atom. The van der Waals surface area contributed by atoms with Crippen molar-refractivity contribution in [1.29, 1.82) is 0 Å². The molecular weight excluding hydrogens is 487 g/mol. The van der Waals surface area contributed by atoms with E-state index in [2.05, 4.69) is 33.1 Å². The van der Waals surface area contributed by atoms with Gasteiger partial charge in [-0.15, -0.1) is 35.3 Å². The van der Waals surface area contributed by atoms with Crippen LogP contribution in [0.2, 0.25) is 0 Å². The Hall–Kier alpha value is -1.81. The van der Waals surface area contributed by atoms with Crippen LogP contribution < -0.4 is 15.4 Å². The number of aliphatic imine (C=N–C) groups is 1. The summed E-state index contributed by atoms with van der Waals surface area (Å²) in [5.41, 5.74) is 2.41. The molecule has 1 aromatic heterocycles. The minimum Gasteiger partial charge on any atom is -0.496 e. The lowest BCUT2D eigenvalue weighted by atomic mass is 10.1. The van der Waals surface area contributed by atoms with Crippen molar-refractivity contribution < 1.29 is 9.53 Å². The van der Waals surface area contributed by atoms with E-state index >= 15 is 0 Å². The second kappa shape index (κ2) is 11.3. The lowest BCUT2D eigenvalue weighted by Gasteiger charge is -2.27. The highest BCUT2D eigenvalue weighted by molar-refractivity contribution is 14.0. The molecule has 1 aliphatic heterocycles. The molecule has 1 amide bonds. The first-order valence-corrected chi connectivity index (χ1v) is 9.98. The van der Waals surface area contributed by atoms with E-state index in [9.17, 15) is 4.79 Å². The van der Waals surface area contributed by atoms with E-state index in [0.29, 0.717) is 19.0 Å². The number of rotatable bonds is 6. The number of benzene rings is 1. The van der Waals surface area contributed by atoms with Crippen molar-refractivity contribution in [1.82, 2.24) is 15.5 Å². The maximum absolute atomic E-state index is 12.5. The third kappa shape index (κ3) is 5.84. The van der Waals surface area contributed by atoms with Gasteiger partial charge in [0.2, 0.25) is 5.91 Å². The van der Waals surface area contributed by atoms with Gasteiger partial charge in [0.1, 0.15) is 5.75 Å². The summed E-state index contributed by atoms with van der Waals surface area (Å²) in [6.45, 7) is 2.44. The largest absolute Gasteiger partial charge is 0.496 e. The molecule has 0 radical (unpaired) electrons. The average Bonchev–Trinajstić information content (AvgIpc) is 3.18. The molecule has 2 heterocycles. The predicted molar refractivity (Wildman–Crippen MR) is 125 cm³/mol. The molecule has 6 nitrogen and oxygen atoms in total. The number of nitrogens with zero attached hydrogens (tertiary/aromatic N) is 2. The van der Waals surface area contributed by atoms with Gasteiger partial charge < -0.3 is 20.3 Å². The van der Waals surface area contributed by atoms with Crippen LogP contribution in [0, 0.1) is 0 Å². The minimum absolute atomic E-state index is 0. The molecule has 8 heteroatoms. The number of hydrogen-bond acceptors (Lipinski definition) is 4. The summed E-state index contributed by atoms with van der Waals surface area (Å²) in [5.74, 6) is 1.61. The van der Waals surface area contributed by atoms with Gasteiger partial charge in [-0.3, -0.25) is 9.79 Å². The number of ether oxygens (including phenoxy) is 1. The van der Waals surface area contributed by atoms with E-state index in [1.165, 1.54) is 10.4 Å². The van der Waals surface area contributed by atoms with Gasteiger partial charge >= 0.3 is 0 Å². The molecule has 0 bridgehead atoms. The number of methoxy groups -OCH3 is 1. The highest BCUT2D eigenvalue weighted by Gasteiger charge is 2.21. The van der Waals surface area contributed by atoms with E-state index in [1.807, 2.05) is 23.1 Å². The van der Waals surface area contributed by atoms with Gasteiger partial charge in [-0.1, -0.05) is 18.2 Å². The highest BCUT2D eigenvalue weighted by Crippen LogP contribution is 2.23. The molecule has 0 spiro atoms. The fourth-order valence-electron chi connectivity index (χ4n) is 3.18. The average molecular weight is 514 g/mol. The van der Waals surface area contributed by atoms with Crippen molar-refractivity contribution in [2.24, 2.45) is 4.99 Å². The third-order valence-corrected chi connectivity index (χ3v) is 5.69. The van der Waals surface area contributed by atoms with Crippen LogP contribution >= 0.6 is 35.3 Å². The Balaban J connectivity index is 0.00000280. The first kappa shape index (κ1) is 22.5. The molecule has 1 aliphatic rings. The van der Waals surface area contributed by atoms with Crippen LogP contribution in [-0.4, -0.2) is 50.6 Å². The lowest BCUT2D eigenvalue weighted by Crippen LogP contribution is -2.46. The number of carbonyl (C=O) groups excluding carboxylic acids is 1. The highest BCUT2D eigenvalue weighted by atomic mass is 127. The van der Waals surface area contributed by atoms with Gasteiger partial charge in [0.15, 0.2) is 5.96 Å². The van der Waals surface area contributed by atoms with E-state index in [1.54, 1.807) is 25.5 Å². The molecule has 0 fully saturated rings. The first-order chi connectivity index (χ1) is 13.2. The molecule has 0 unspecified atom stereocenters. The van der Waals surface area contributed by atoms with Gasteiger partial charge in [0, 0.05) is 31.6 Å². The molecule has 1 aromatic carbocycles. The molecule has 0 saturated heterocycles. The fraction of sp³-hybridized carbons (Fsp3) is 0.400. The number of nitrogens with one attached hydrogen (secondary N) is 2. The maximum atomic E-state index is 12.5.